The summed E-state index contributed by atoms with van der Waals surface area (Å²) >= 11 is 0. The van der Waals surface area contributed by atoms with Crippen molar-refractivity contribution in [2.75, 3.05) is 12.4 Å². The number of hydrogen-bond acceptors (Lipinski definition) is 7. The maximum absolute atomic E-state index is 5.36. The molecule has 3 aromatic heterocycles. The lowest BCUT2D eigenvalue weighted by Gasteiger charge is -2.10. The second-order valence-corrected chi connectivity index (χ2v) is 7.47. The van der Waals surface area contributed by atoms with Crippen molar-refractivity contribution in [3.8, 4) is 16.9 Å². The standard InChI is InChI=1S/C23H26N6O2/c1-7-17(23-26-16(5)28-31-23)12-24-20-11-14(3)25-22-21(15(4)27-29(20)22)19-9-8-18(30-6)10-13(19)2/h8-12,24H,7H2,1-6H3. The number of benzene rings is 1. The van der Waals surface area contributed by atoms with E-state index >= 15 is 0 Å². The molecule has 0 saturated heterocycles. The third-order valence-electron chi connectivity index (χ3n) is 5.17. The van der Waals surface area contributed by atoms with Crippen LogP contribution in [-0.2, 0) is 0 Å². The highest BCUT2D eigenvalue weighted by atomic mass is 16.5. The van der Waals surface area contributed by atoms with Crippen LogP contribution in [0.1, 0.15) is 42.0 Å². The zero-order valence-electron chi connectivity index (χ0n) is 18.6. The number of rotatable bonds is 6. The van der Waals surface area contributed by atoms with E-state index in [0.29, 0.717) is 11.7 Å². The predicted molar refractivity (Wildman–Crippen MR) is 120 cm³/mol. The van der Waals surface area contributed by atoms with E-state index in [9.17, 15) is 0 Å². The molecule has 8 nitrogen and oxygen atoms in total. The summed E-state index contributed by atoms with van der Waals surface area (Å²) in [5, 5.41) is 12.0. The van der Waals surface area contributed by atoms with Crippen LogP contribution in [0, 0.1) is 27.7 Å². The van der Waals surface area contributed by atoms with E-state index < -0.39 is 0 Å². The van der Waals surface area contributed by atoms with E-state index in [0.717, 1.165) is 57.3 Å². The molecule has 0 amide bonds. The van der Waals surface area contributed by atoms with Crippen LogP contribution in [0.25, 0.3) is 22.3 Å². The molecule has 0 aliphatic rings. The molecule has 0 aliphatic carbocycles. The monoisotopic (exact) mass is 418 g/mol. The second kappa shape index (κ2) is 8.22. The molecular weight excluding hydrogens is 392 g/mol. The average molecular weight is 419 g/mol. The molecule has 0 radical (unpaired) electrons. The smallest absolute Gasteiger partial charge is 0.255 e. The molecule has 0 spiro atoms. The van der Waals surface area contributed by atoms with Gasteiger partial charge in [-0.1, -0.05) is 18.1 Å². The largest absolute Gasteiger partial charge is 0.497 e. The maximum atomic E-state index is 5.36. The number of hydrogen-bond donors (Lipinski definition) is 1. The van der Waals surface area contributed by atoms with Crippen molar-refractivity contribution in [3.63, 3.8) is 0 Å². The van der Waals surface area contributed by atoms with E-state index in [-0.39, 0.29) is 0 Å². The van der Waals surface area contributed by atoms with Gasteiger partial charge in [-0.15, -0.1) is 0 Å². The third-order valence-corrected chi connectivity index (χ3v) is 5.17. The minimum absolute atomic E-state index is 0.515. The van der Waals surface area contributed by atoms with Gasteiger partial charge in [0, 0.05) is 29.1 Å². The summed E-state index contributed by atoms with van der Waals surface area (Å²) in [6.45, 7) is 9.89. The highest BCUT2D eigenvalue weighted by Gasteiger charge is 2.18. The molecule has 31 heavy (non-hydrogen) atoms. The molecule has 0 unspecified atom stereocenters. The van der Waals surface area contributed by atoms with Gasteiger partial charge in [0.2, 0.25) is 0 Å². The van der Waals surface area contributed by atoms with Gasteiger partial charge in [-0.2, -0.15) is 14.6 Å². The Balaban J connectivity index is 1.80. The van der Waals surface area contributed by atoms with Crippen LogP contribution in [-0.4, -0.2) is 31.8 Å². The van der Waals surface area contributed by atoms with Crippen molar-refractivity contribution in [3.05, 3.63) is 59.1 Å². The molecule has 0 atom stereocenters. The van der Waals surface area contributed by atoms with Crippen molar-refractivity contribution in [1.29, 1.82) is 0 Å². The first-order valence-electron chi connectivity index (χ1n) is 10.2. The summed E-state index contributed by atoms with van der Waals surface area (Å²) in [5.41, 5.74) is 6.72. The van der Waals surface area contributed by atoms with Crippen molar-refractivity contribution >= 4 is 17.0 Å². The first-order valence-corrected chi connectivity index (χ1v) is 10.2. The zero-order valence-corrected chi connectivity index (χ0v) is 18.6. The van der Waals surface area contributed by atoms with Crippen LogP contribution in [0.3, 0.4) is 0 Å². The predicted octanol–water partition coefficient (Wildman–Crippen LogP) is 4.88. The average Bonchev–Trinajstić information content (AvgIpc) is 3.31. The van der Waals surface area contributed by atoms with E-state index in [1.54, 1.807) is 14.0 Å². The van der Waals surface area contributed by atoms with Crippen LogP contribution in [0.2, 0.25) is 0 Å². The molecule has 1 N–H and O–H groups in total. The van der Waals surface area contributed by atoms with Crippen molar-refractivity contribution in [2.45, 2.75) is 41.0 Å². The maximum Gasteiger partial charge on any atom is 0.255 e. The number of methoxy groups -OCH3 is 1. The highest BCUT2D eigenvalue weighted by Crippen LogP contribution is 2.33. The lowest BCUT2D eigenvalue weighted by Crippen LogP contribution is -2.03. The lowest BCUT2D eigenvalue weighted by molar-refractivity contribution is 0.401. The molecule has 4 aromatic rings. The fourth-order valence-corrected chi connectivity index (χ4v) is 3.61. The first kappa shape index (κ1) is 20.6. The molecule has 4 rings (SSSR count). The molecule has 8 heteroatoms. The number of ether oxygens (including phenoxy) is 1. The van der Waals surface area contributed by atoms with Gasteiger partial charge in [0.1, 0.15) is 11.6 Å². The molecule has 0 fully saturated rings. The number of fused-ring (bicyclic) bond motifs is 1. The lowest BCUT2D eigenvalue weighted by atomic mass is 10.0. The van der Waals surface area contributed by atoms with Gasteiger partial charge >= 0.3 is 0 Å². The van der Waals surface area contributed by atoms with E-state index in [1.165, 1.54) is 0 Å². The summed E-state index contributed by atoms with van der Waals surface area (Å²) < 4.78 is 12.5. The van der Waals surface area contributed by atoms with E-state index in [4.69, 9.17) is 19.3 Å². The van der Waals surface area contributed by atoms with Crippen molar-refractivity contribution in [1.82, 2.24) is 24.7 Å². The Hall–Kier alpha value is -3.68. The second-order valence-electron chi connectivity index (χ2n) is 7.47. The van der Waals surface area contributed by atoms with Gasteiger partial charge in [-0.25, -0.2) is 4.98 Å². The van der Waals surface area contributed by atoms with Gasteiger partial charge in [0.05, 0.1) is 12.8 Å². The number of anilines is 1. The highest BCUT2D eigenvalue weighted by molar-refractivity contribution is 5.83. The van der Waals surface area contributed by atoms with Crippen molar-refractivity contribution < 1.29 is 9.26 Å². The van der Waals surface area contributed by atoms with Gasteiger partial charge < -0.3 is 14.6 Å². The number of aromatic nitrogens is 5. The Bertz CT molecular complexity index is 1280. The van der Waals surface area contributed by atoms with Crippen LogP contribution in [0.15, 0.2) is 35.0 Å². The van der Waals surface area contributed by atoms with Gasteiger partial charge in [-0.3, -0.25) is 0 Å². The fourth-order valence-electron chi connectivity index (χ4n) is 3.61. The van der Waals surface area contributed by atoms with Gasteiger partial charge in [0.15, 0.2) is 11.5 Å². The minimum atomic E-state index is 0.515. The quantitative estimate of drug-likeness (QED) is 0.477. The number of nitrogens with zero attached hydrogens (tertiary/aromatic N) is 5. The summed E-state index contributed by atoms with van der Waals surface area (Å²) in [5.74, 6) is 2.76. The Morgan fingerprint density at radius 2 is 1.97 bits per heavy atom. The molecular formula is C23H26N6O2. The summed E-state index contributed by atoms with van der Waals surface area (Å²) in [6, 6.07) is 8.01. The van der Waals surface area contributed by atoms with Crippen LogP contribution < -0.4 is 10.1 Å². The van der Waals surface area contributed by atoms with E-state index in [2.05, 4.69) is 28.4 Å². The topological polar surface area (TPSA) is 90.4 Å². The Morgan fingerprint density at radius 1 is 1.16 bits per heavy atom. The molecule has 3 heterocycles. The molecule has 0 aliphatic heterocycles. The van der Waals surface area contributed by atoms with Crippen molar-refractivity contribution in [2.24, 2.45) is 0 Å². The summed E-state index contributed by atoms with van der Waals surface area (Å²) in [7, 11) is 1.67. The van der Waals surface area contributed by atoms with E-state index in [1.807, 2.05) is 49.7 Å². The van der Waals surface area contributed by atoms with Crippen LogP contribution in [0.4, 0.5) is 5.82 Å². The Labute approximate surface area is 181 Å². The number of aryl methyl sites for hydroxylation is 4. The minimum Gasteiger partial charge on any atom is -0.497 e. The normalized spacial score (nSPS) is 11.9. The van der Waals surface area contributed by atoms with Crippen LogP contribution in [0.5, 0.6) is 5.75 Å². The SMILES string of the molecule is CCC(=CNc1cc(C)nc2c(-c3ccc(OC)cc3C)c(C)nn12)c1nc(C)no1. The third kappa shape index (κ3) is 3.88. The number of nitrogens with one attached hydrogen (secondary N) is 1. The van der Waals surface area contributed by atoms with Gasteiger partial charge in [-0.05, 0) is 57.4 Å². The summed E-state index contributed by atoms with van der Waals surface area (Å²) in [4.78, 5) is 9.12. The van der Waals surface area contributed by atoms with Gasteiger partial charge in [0.25, 0.3) is 5.89 Å². The molecule has 0 saturated carbocycles. The molecule has 0 bridgehead atoms. The Kier molecular flexibility index (Phi) is 5.46. The fraction of sp³-hybridized carbons (Fsp3) is 0.304. The molecule has 1 aromatic carbocycles. The zero-order chi connectivity index (χ0) is 22.1. The summed E-state index contributed by atoms with van der Waals surface area (Å²) in [6.07, 6.45) is 2.63. The first-order chi connectivity index (χ1) is 14.9. The Morgan fingerprint density at radius 3 is 2.61 bits per heavy atom. The number of allylic oxidation sites excluding steroid dienone is 1. The molecule has 160 valence electrons. The van der Waals surface area contributed by atoms with Crippen LogP contribution >= 0.6 is 0 Å².